The van der Waals surface area contributed by atoms with Crippen molar-refractivity contribution in [1.82, 2.24) is 19.9 Å². The topological polar surface area (TPSA) is 52.0 Å². The van der Waals surface area contributed by atoms with Gasteiger partial charge in [-0.05, 0) is 49.7 Å². The maximum Gasteiger partial charge on any atom is 0.164 e. The molecule has 3 heterocycles. The minimum Gasteiger partial charge on any atom is -0.495 e. The largest absolute Gasteiger partial charge is 0.495 e. The quantitative estimate of drug-likeness (QED) is 0.805. The molecule has 1 aliphatic heterocycles. The van der Waals surface area contributed by atoms with Crippen LogP contribution in [0.3, 0.4) is 0 Å². The van der Waals surface area contributed by atoms with Crippen LogP contribution in [0, 0.1) is 5.92 Å². The summed E-state index contributed by atoms with van der Waals surface area (Å²) in [5.74, 6) is 2.51. The molecule has 23 heavy (non-hydrogen) atoms. The summed E-state index contributed by atoms with van der Waals surface area (Å²) in [7, 11) is 1.70. The van der Waals surface area contributed by atoms with E-state index in [1.165, 1.54) is 6.42 Å². The second-order valence-electron chi connectivity index (χ2n) is 5.94. The molecule has 0 spiro atoms. The van der Waals surface area contributed by atoms with Crippen LogP contribution in [0.25, 0.3) is 16.9 Å². The van der Waals surface area contributed by atoms with E-state index in [1.54, 1.807) is 7.11 Å². The maximum absolute atomic E-state index is 5.55. The number of nitrogens with zero attached hydrogens (tertiary/aromatic N) is 3. The number of hydrogen-bond acceptors (Lipinski definition) is 4. The Morgan fingerprint density at radius 1 is 1.26 bits per heavy atom. The number of nitrogens with one attached hydrogen (secondary N) is 1. The fraction of sp³-hybridized carbons (Fsp3) is 0.333. The second-order valence-corrected chi connectivity index (χ2v) is 5.94. The number of pyridine rings is 1. The van der Waals surface area contributed by atoms with Crippen molar-refractivity contribution in [3.05, 3.63) is 48.4 Å². The Hall–Kier alpha value is -2.40. The van der Waals surface area contributed by atoms with Crippen LogP contribution in [0.15, 0.2) is 42.6 Å². The first kappa shape index (κ1) is 14.2. The summed E-state index contributed by atoms with van der Waals surface area (Å²) < 4.78 is 7.70. The third-order valence-electron chi connectivity index (χ3n) is 4.45. The van der Waals surface area contributed by atoms with Crippen molar-refractivity contribution in [1.29, 1.82) is 0 Å². The third kappa shape index (κ3) is 2.57. The first-order valence-corrected chi connectivity index (χ1v) is 8.03. The zero-order valence-corrected chi connectivity index (χ0v) is 13.2. The van der Waals surface area contributed by atoms with Gasteiger partial charge in [0.05, 0.1) is 12.8 Å². The number of para-hydroxylation sites is 2. The lowest BCUT2D eigenvalue weighted by Crippen LogP contribution is -2.13. The molecule has 1 unspecified atom stereocenters. The molecular formula is C18H20N4O. The van der Waals surface area contributed by atoms with E-state index < -0.39 is 0 Å². The van der Waals surface area contributed by atoms with Crippen molar-refractivity contribution in [3.8, 4) is 11.4 Å². The van der Waals surface area contributed by atoms with E-state index in [4.69, 9.17) is 9.72 Å². The van der Waals surface area contributed by atoms with E-state index in [2.05, 4.69) is 20.9 Å². The molecule has 0 aliphatic carbocycles. The molecule has 0 amide bonds. The second kappa shape index (κ2) is 6.01. The number of aromatic nitrogens is 3. The summed E-state index contributed by atoms with van der Waals surface area (Å²) in [6.45, 7) is 2.15. The van der Waals surface area contributed by atoms with E-state index in [9.17, 15) is 0 Å². The Morgan fingerprint density at radius 3 is 3.00 bits per heavy atom. The maximum atomic E-state index is 5.55. The van der Waals surface area contributed by atoms with Gasteiger partial charge in [-0.1, -0.05) is 12.1 Å². The molecule has 1 aliphatic rings. The average molecular weight is 308 g/mol. The molecule has 5 nitrogen and oxygen atoms in total. The van der Waals surface area contributed by atoms with Crippen molar-refractivity contribution in [2.75, 3.05) is 20.2 Å². The van der Waals surface area contributed by atoms with Crippen LogP contribution in [0.4, 0.5) is 0 Å². The van der Waals surface area contributed by atoms with Gasteiger partial charge >= 0.3 is 0 Å². The van der Waals surface area contributed by atoms with E-state index >= 15 is 0 Å². The van der Waals surface area contributed by atoms with Crippen LogP contribution in [0.2, 0.25) is 0 Å². The van der Waals surface area contributed by atoms with Gasteiger partial charge in [-0.3, -0.25) is 4.57 Å². The summed E-state index contributed by atoms with van der Waals surface area (Å²) >= 11 is 0. The summed E-state index contributed by atoms with van der Waals surface area (Å²) in [5.41, 5.74) is 2.81. The van der Waals surface area contributed by atoms with Gasteiger partial charge in [0.25, 0.3) is 0 Å². The van der Waals surface area contributed by atoms with Gasteiger partial charge in [-0.15, -0.1) is 0 Å². The average Bonchev–Trinajstić information content (AvgIpc) is 3.22. The summed E-state index contributed by atoms with van der Waals surface area (Å²) in [6.07, 6.45) is 3.96. The summed E-state index contributed by atoms with van der Waals surface area (Å²) in [6, 6.07) is 12.0. The number of imidazole rings is 1. The van der Waals surface area contributed by atoms with E-state index in [1.807, 2.05) is 36.5 Å². The smallest absolute Gasteiger partial charge is 0.164 e. The highest BCUT2D eigenvalue weighted by Gasteiger charge is 2.21. The van der Waals surface area contributed by atoms with Crippen LogP contribution in [-0.4, -0.2) is 34.7 Å². The Morgan fingerprint density at radius 2 is 2.17 bits per heavy atom. The highest BCUT2D eigenvalue weighted by Crippen LogP contribution is 2.29. The van der Waals surface area contributed by atoms with Gasteiger partial charge in [-0.2, -0.15) is 0 Å². The fourth-order valence-corrected chi connectivity index (χ4v) is 3.31. The van der Waals surface area contributed by atoms with Crippen LogP contribution < -0.4 is 10.1 Å². The third-order valence-corrected chi connectivity index (χ3v) is 4.45. The number of rotatable bonds is 4. The minimum atomic E-state index is 0.625. The molecule has 5 heteroatoms. The molecule has 0 radical (unpaired) electrons. The van der Waals surface area contributed by atoms with Crippen molar-refractivity contribution in [2.24, 2.45) is 5.92 Å². The normalized spacial score (nSPS) is 17.7. The molecule has 3 aromatic rings. The van der Waals surface area contributed by atoms with Gasteiger partial charge in [0, 0.05) is 12.6 Å². The Labute approximate surface area is 135 Å². The van der Waals surface area contributed by atoms with Crippen molar-refractivity contribution in [3.63, 3.8) is 0 Å². The van der Waals surface area contributed by atoms with Gasteiger partial charge in [0.2, 0.25) is 0 Å². The number of hydrogen-bond donors (Lipinski definition) is 1. The van der Waals surface area contributed by atoms with Crippen LogP contribution in [-0.2, 0) is 6.42 Å². The number of fused-ring (bicyclic) bond motifs is 1. The Bertz CT molecular complexity index is 821. The first-order chi connectivity index (χ1) is 11.4. The highest BCUT2D eigenvalue weighted by atomic mass is 16.5. The van der Waals surface area contributed by atoms with Crippen LogP contribution >= 0.6 is 0 Å². The van der Waals surface area contributed by atoms with Gasteiger partial charge < -0.3 is 10.1 Å². The Balaban J connectivity index is 1.88. The molecular weight excluding hydrogens is 288 g/mol. The van der Waals surface area contributed by atoms with Gasteiger partial charge in [-0.25, -0.2) is 9.97 Å². The monoisotopic (exact) mass is 308 g/mol. The Kier molecular flexibility index (Phi) is 3.71. The van der Waals surface area contributed by atoms with Gasteiger partial charge in [0.15, 0.2) is 5.65 Å². The highest BCUT2D eigenvalue weighted by molar-refractivity contribution is 5.74. The van der Waals surface area contributed by atoms with Crippen molar-refractivity contribution < 1.29 is 4.74 Å². The summed E-state index contributed by atoms with van der Waals surface area (Å²) in [5, 5.41) is 3.43. The molecule has 2 aromatic heterocycles. The SMILES string of the molecule is COc1ccccc1-n1c(CC2CCNC2)nc2cccnc21. The van der Waals surface area contributed by atoms with E-state index in [0.717, 1.165) is 47.9 Å². The molecule has 0 saturated carbocycles. The molecule has 1 atom stereocenters. The van der Waals surface area contributed by atoms with Crippen LogP contribution in [0.1, 0.15) is 12.2 Å². The predicted octanol–water partition coefficient (Wildman–Crippen LogP) is 2.58. The molecule has 118 valence electrons. The zero-order chi connectivity index (χ0) is 15.6. The minimum absolute atomic E-state index is 0.625. The molecule has 1 aromatic carbocycles. The van der Waals surface area contributed by atoms with E-state index in [-0.39, 0.29) is 0 Å². The number of ether oxygens (including phenoxy) is 1. The molecule has 0 bridgehead atoms. The summed E-state index contributed by atoms with van der Waals surface area (Å²) in [4.78, 5) is 9.40. The molecule has 4 rings (SSSR count). The molecule has 1 N–H and O–H groups in total. The van der Waals surface area contributed by atoms with Crippen molar-refractivity contribution in [2.45, 2.75) is 12.8 Å². The lowest BCUT2D eigenvalue weighted by molar-refractivity contribution is 0.412. The van der Waals surface area contributed by atoms with Gasteiger partial charge in [0.1, 0.15) is 17.1 Å². The molecule has 1 fully saturated rings. The van der Waals surface area contributed by atoms with Crippen LogP contribution in [0.5, 0.6) is 5.75 Å². The fourth-order valence-electron chi connectivity index (χ4n) is 3.31. The predicted molar refractivity (Wildman–Crippen MR) is 90.1 cm³/mol. The number of methoxy groups -OCH3 is 1. The van der Waals surface area contributed by atoms with E-state index in [0.29, 0.717) is 5.92 Å². The lowest BCUT2D eigenvalue weighted by atomic mass is 10.0. The first-order valence-electron chi connectivity index (χ1n) is 8.03. The number of benzene rings is 1. The van der Waals surface area contributed by atoms with Crippen molar-refractivity contribution >= 4 is 11.2 Å². The molecule has 1 saturated heterocycles. The lowest BCUT2D eigenvalue weighted by Gasteiger charge is -2.14. The zero-order valence-electron chi connectivity index (χ0n) is 13.2. The standard InChI is InChI=1S/C18H20N4O/c1-23-16-7-3-2-6-15(16)22-17(11-13-8-10-19-12-13)21-14-5-4-9-20-18(14)22/h2-7,9,13,19H,8,10-12H2,1H3.